The molecule has 3 rings (SSSR count). The summed E-state index contributed by atoms with van der Waals surface area (Å²) >= 11 is 0. The maximum atomic E-state index is 13.4. The standard InChI is InChI=1S/C23H19FN2O5/c1-2-30-23(29)31-18-12-10-15(11-13-18)21(27)25-19-8-3-4-9-20(19)26-22(28)16-6-5-7-17(24)14-16/h3-14H,2H2,1H3,(H,25,27)(H,26,28). The van der Waals surface area contributed by atoms with E-state index in [9.17, 15) is 18.8 Å². The lowest BCUT2D eigenvalue weighted by atomic mass is 10.1. The molecular weight excluding hydrogens is 403 g/mol. The highest BCUT2D eigenvalue weighted by Gasteiger charge is 2.13. The van der Waals surface area contributed by atoms with Crippen LogP contribution in [0.1, 0.15) is 27.6 Å². The van der Waals surface area contributed by atoms with Crippen LogP contribution in [0.2, 0.25) is 0 Å². The second-order valence-corrected chi connectivity index (χ2v) is 6.27. The molecule has 0 aromatic heterocycles. The Bertz CT molecular complexity index is 1100. The third kappa shape index (κ3) is 5.89. The zero-order chi connectivity index (χ0) is 22.2. The summed E-state index contributed by atoms with van der Waals surface area (Å²) in [5.41, 5.74) is 1.18. The number of hydrogen-bond donors (Lipinski definition) is 2. The Morgan fingerprint density at radius 2 is 1.42 bits per heavy atom. The number of rotatable bonds is 6. The molecule has 3 aromatic carbocycles. The predicted octanol–water partition coefficient (Wildman–Crippen LogP) is 4.87. The summed E-state index contributed by atoms with van der Waals surface area (Å²) in [6.45, 7) is 1.85. The van der Waals surface area contributed by atoms with Gasteiger partial charge < -0.3 is 20.1 Å². The normalized spacial score (nSPS) is 10.1. The van der Waals surface area contributed by atoms with Crippen molar-refractivity contribution in [3.8, 4) is 5.75 Å². The summed E-state index contributed by atoms with van der Waals surface area (Å²) < 4.78 is 23.0. The van der Waals surface area contributed by atoms with Gasteiger partial charge in [0.05, 0.1) is 18.0 Å². The van der Waals surface area contributed by atoms with E-state index >= 15 is 0 Å². The van der Waals surface area contributed by atoms with Gasteiger partial charge in [-0.25, -0.2) is 9.18 Å². The van der Waals surface area contributed by atoms with Gasteiger partial charge in [-0.3, -0.25) is 9.59 Å². The zero-order valence-corrected chi connectivity index (χ0v) is 16.6. The monoisotopic (exact) mass is 422 g/mol. The molecule has 0 fully saturated rings. The molecule has 0 heterocycles. The first-order chi connectivity index (χ1) is 15.0. The number of para-hydroxylation sites is 2. The third-order valence-electron chi connectivity index (χ3n) is 4.09. The van der Waals surface area contributed by atoms with Crippen molar-refractivity contribution in [3.63, 3.8) is 0 Å². The maximum Gasteiger partial charge on any atom is 0.513 e. The van der Waals surface area contributed by atoms with Crippen LogP contribution in [-0.2, 0) is 4.74 Å². The van der Waals surface area contributed by atoms with E-state index in [2.05, 4.69) is 10.6 Å². The Hall–Kier alpha value is -4.20. The smallest absolute Gasteiger partial charge is 0.434 e. The number of carbonyl (C=O) groups is 3. The molecule has 0 saturated heterocycles. The van der Waals surface area contributed by atoms with Crippen molar-refractivity contribution in [2.24, 2.45) is 0 Å². The molecule has 2 N–H and O–H groups in total. The molecule has 0 radical (unpaired) electrons. The van der Waals surface area contributed by atoms with E-state index in [-0.39, 0.29) is 17.9 Å². The SMILES string of the molecule is CCOC(=O)Oc1ccc(C(=O)Nc2ccccc2NC(=O)c2cccc(F)c2)cc1. The molecule has 0 aliphatic carbocycles. The Labute approximate surface area is 177 Å². The van der Waals surface area contributed by atoms with Crippen molar-refractivity contribution in [1.82, 2.24) is 0 Å². The highest BCUT2D eigenvalue weighted by atomic mass is 19.1. The Kier molecular flexibility index (Phi) is 6.95. The van der Waals surface area contributed by atoms with Crippen LogP contribution in [0.25, 0.3) is 0 Å². The first-order valence-electron chi connectivity index (χ1n) is 9.38. The summed E-state index contributed by atoms with van der Waals surface area (Å²) in [6, 6.07) is 17.8. The van der Waals surface area contributed by atoms with E-state index in [1.807, 2.05) is 0 Å². The minimum atomic E-state index is -0.831. The van der Waals surface area contributed by atoms with Crippen LogP contribution in [0.5, 0.6) is 5.75 Å². The van der Waals surface area contributed by atoms with Gasteiger partial charge in [0.2, 0.25) is 0 Å². The Balaban J connectivity index is 1.69. The van der Waals surface area contributed by atoms with Gasteiger partial charge in [-0.15, -0.1) is 0 Å². The van der Waals surface area contributed by atoms with Crippen LogP contribution in [0.3, 0.4) is 0 Å². The van der Waals surface area contributed by atoms with Crippen LogP contribution in [-0.4, -0.2) is 24.6 Å². The van der Waals surface area contributed by atoms with Gasteiger partial charge in [-0.05, 0) is 61.5 Å². The third-order valence-corrected chi connectivity index (χ3v) is 4.09. The van der Waals surface area contributed by atoms with Crippen LogP contribution in [0.4, 0.5) is 20.6 Å². The molecule has 0 atom stereocenters. The van der Waals surface area contributed by atoms with E-state index in [1.165, 1.54) is 42.5 Å². The first kappa shape index (κ1) is 21.5. The van der Waals surface area contributed by atoms with Crippen molar-refractivity contribution in [2.75, 3.05) is 17.2 Å². The average Bonchev–Trinajstić information content (AvgIpc) is 2.75. The number of ether oxygens (including phenoxy) is 2. The first-order valence-corrected chi connectivity index (χ1v) is 9.38. The molecule has 0 bridgehead atoms. The predicted molar refractivity (Wildman–Crippen MR) is 113 cm³/mol. The van der Waals surface area contributed by atoms with E-state index < -0.39 is 23.8 Å². The molecule has 8 heteroatoms. The zero-order valence-electron chi connectivity index (χ0n) is 16.6. The van der Waals surface area contributed by atoms with Crippen molar-refractivity contribution >= 4 is 29.3 Å². The molecule has 3 aromatic rings. The van der Waals surface area contributed by atoms with Gasteiger partial charge in [0.1, 0.15) is 11.6 Å². The number of amides is 2. The van der Waals surface area contributed by atoms with Gasteiger partial charge in [-0.2, -0.15) is 0 Å². The highest BCUT2D eigenvalue weighted by molar-refractivity contribution is 6.10. The molecule has 2 amide bonds. The number of nitrogens with one attached hydrogen (secondary N) is 2. The fraction of sp³-hybridized carbons (Fsp3) is 0.0870. The fourth-order valence-corrected chi connectivity index (χ4v) is 2.64. The van der Waals surface area contributed by atoms with Gasteiger partial charge >= 0.3 is 6.16 Å². The summed E-state index contributed by atoms with van der Waals surface area (Å²) in [6.07, 6.45) is -0.831. The minimum Gasteiger partial charge on any atom is -0.434 e. The molecule has 7 nitrogen and oxygen atoms in total. The van der Waals surface area contributed by atoms with Gasteiger partial charge in [0.15, 0.2) is 0 Å². The van der Waals surface area contributed by atoms with Crippen LogP contribution < -0.4 is 15.4 Å². The van der Waals surface area contributed by atoms with Crippen molar-refractivity contribution in [1.29, 1.82) is 0 Å². The van der Waals surface area contributed by atoms with Gasteiger partial charge in [0, 0.05) is 11.1 Å². The van der Waals surface area contributed by atoms with Gasteiger partial charge in [-0.1, -0.05) is 18.2 Å². The topological polar surface area (TPSA) is 93.7 Å². The Morgan fingerprint density at radius 3 is 2.00 bits per heavy atom. The second kappa shape index (κ2) is 10.0. The summed E-state index contributed by atoms with van der Waals surface area (Å²) in [4.78, 5) is 36.3. The second-order valence-electron chi connectivity index (χ2n) is 6.27. The number of anilines is 2. The van der Waals surface area contributed by atoms with Crippen LogP contribution >= 0.6 is 0 Å². The largest absolute Gasteiger partial charge is 0.513 e. The van der Waals surface area contributed by atoms with E-state index in [4.69, 9.17) is 9.47 Å². The molecule has 0 spiro atoms. The van der Waals surface area contributed by atoms with Gasteiger partial charge in [0.25, 0.3) is 11.8 Å². The van der Waals surface area contributed by atoms with Crippen molar-refractivity contribution < 1.29 is 28.2 Å². The highest BCUT2D eigenvalue weighted by Crippen LogP contribution is 2.23. The summed E-state index contributed by atoms with van der Waals surface area (Å²) in [7, 11) is 0. The molecule has 0 aliphatic rings. The average molecular weight is 422 g/mol. The fourth-order valence-electron chi connectivity index (χ4n) is 2.64. The Morgan fingerprint density at radius 1 is 0.806 bits per heavy atom. The molecule has 0 saturated carbocycles. The summed E-state index contributed by atoms with van der Waals surface area (Å²) in [5.74, 6) is -1.24. The molecule has 0 unspecified atom stereocenters. The van der Waals surface area contributed by atoms with E-state index in [0.717, 1.165) is 6.07 Å². The lowest BCUT2D eigenvalue weighted by molar-refractivity contribution is 0.101. The van der Waals surface area contributed by atoms with Crippen LogP contribution in [0.15, 0.2) is 72.8 Å². The maximum absolute atomic E-state index is 13.4. The summed E-state index contributed by atoms with van der Waals surface area (Å²) in [5, 5.41) is 5.38. The lowest BCUT2D eigenvalue weighted by Crippen LogP contribution is -2.17. The van der Waals surface area contributed by atoms with Crippen LogP contribution in [0, 0.1) is 5.82 Å². The van der Waals surface area contributed by atoms with Crippen molar-refractivity contribution in [3.05, 3.63) is 89.7 Å². The minimum absolute atomic E-state index is 0.151. The number of carbonyl (C=O) groups excluding carboxylic acids is 3. The molecule has 0 aliphatic heterocycles. The molecular formula is C23H19FN2O5. The number of hydrogen-bond acceptors (Lipinski definition) is 5. The van der Waals surface area contributed by atoms with Crippen molar-refractivity contribution in [2.45, 2.75) is 6.92 Å². The number of benzene rings is 3. The molecule has 31 heavy (non-hydrogen) atoms. The molecule has 158 valence electrons. The number of halogens is 1. The van der Waals surface area contributed by atoms with E-state index in [0.29, 0.717) is 16.9 Å². The van der Waals surface area contributed by atoms with E-state index in [1.54, 1.807) is 31.2 Å². The quantitative estimate of drug-likeness (QED) is 0.437. The lowest BCUT2D eigenvalue weighted by Gasteiger charge is -2.12.